The molecule has 0 bridgehead atoms. The van der Waals surface area contributed by atoms with E-state index in [1.165, 1.54) is 83.5 Å². The second-order valence-corrected chi connectivity index (χ2v) is 15.7. The van der Waals surface area contributed by atoms with Gasteiger partial charge in [0.25, 0.3) is 0 Å². The molecule has 8 nitrogen and oxygen atoms in total. The van der Waals surface area contributed by atoms with Gasteiger partial charge in [-0.05, 0) is 134 Å². The fraction of sp³-hybridized carbons (Fsp3) is 0.480. The number of benzene rings is 4. The summed E-state index contributed by atoms with van der Waals surface area (Å²) in [6.45, 7) is 5.79. The molecule has 6 rings (SSSR count). The molecule has 4 aromatic carbocycles. The van der Waals surface area contributed by atoms with E-state index in [4.69, 9.17) is 28.4 Å². The maximum atomic E-state index is 6.18. The maximum absolute atomic E-state index is 6.18. The summed E-state index contributed by atoms with van der Waals surface area (Å²) >= 11 is 0. The van der Waals surface area contributed by atoms with Crippen LogP contribution in [0.4, 0.5) is 11.4 Å². The van der Waals surface area contributed by atoms with Crippen molar-refractivity contribution in [1.82, 2.24) is 0 Å². The Kier molecular flexibility index (Phi) is 18.5. The summed E-state index contributed by atoms with van der Waals surface area (Å²) in [6.07, 6.45) is 24.0. The summed E-state index contributed by atoms with van der Waals surface area (Å²) in [5.41, 5.74) is 3.89. The number of aliphatic imine (C=N–C) groups is 2. The summed E-state index contributed by atoms with van der Waals surface area (Å²) in [5, 5.41) is 0. The minimum atomic E-state index is 0.222. The molecule has 0 aliphatic carbocycles. The van der Waals surface area contributed by atoms with Crippen molar-refractivity contribution in [2.45, 2.75) is 122 Å². The van der Waals surface area contributed by atoms with Gasteiger partial charge in [-0.1, -0.05) is 77.0 Å². The van der Waals surface area contributed by atoms with Gasteiger partial charge in [0.05, 0.1) is 37.3 Å². The van der Waals surface area contributed by atoms with Crippen LogP contribution in [0, 0.1) is 0 Å². The number of epoxide rings is 2. The lowest BCUT2D eigenvalue weighted by Gasteiger charge is -2.14. The zero-order valence-electron chi connectivity index (χ0n) is 34.6. The first-order valence-electron chi connectivity index (χ1n) is 21.9. The molecule has 4 aromatic rings. The van der Waals surface area contributed by atoms with E-state index in [0.29, 0.717) is 13.2 Å². The van der Waals surface area contributed by atoms with Gasteiger partial charge in [0.15, 0.2) is 0 Å². The van der Waals surface area contributed by atoms with Crippen molar-refractivity contribution in [3.63, 3.8) is 0 Å². The number of rotatable bonds is 30. The van der Waals surface area contributed by atoms with Crippen molar-refractivity contribution in [2.75, 3.05) is 33.0 Å². The highest BCUT2D eigenvalue weighted by molar-refractivity contribution is 5.82. The minimum Gasteiger partial charge on any atom is -0.494 e. The Balaban J connectivity index is 0.682. The van der Waals surface area contributed by atoms with Crippen LogP contribution in [0.3, 0.4) is 0 Å². The monoisotopic (exact) mass is 788 g/mol. The van der Waals surface area contributed by atoms with Gasteiger partial charge in [0.2, 0.25) is 0 Å². The summed E-state index contributed by atoms with van der Waals surface area (Å²) in [7, 11) is 0. The molecule has 0 amide bonds. The summed E-state index contributed by atoms with van der Waals surface area (Å²) in [6, 6.07) is 32.0. The topological polar surface area (TPSA) is 86.7 Å². The van der Waals surface area contributed by atoms with E-state index in [0.717, 1.165) is 78.2 Å². The molecule has 0 radical (unpaired) electrons. The molecule has 3 atom stereocenters. The normalized spacial score (nSPS) is 16.4. The zero-order chi connectivity index (χ0) is 39.9. The number of unbranched alkanes of at least 4 members (excludes halogenated alkanes) is 13. The molecule has 310 valence electrons. The Morgan fingerprint density at radius 2 is 0.845 bits per heavy atom. The Morgan fingerprint density at radius 1 is 0.483 bits per heavy atom. The molecule has 2 saturated heterocycles. The fourth-order valence-electron chi connectivity index (χ4n) is 6.68. The molecule has 0 saturated carbocycles. The van der Waals surface area contributed by atoms with E-state index >= 15 is 0 Å². The second-order valence-electron chi connectivity index (χ2n) is 15.7. The summed E-state index contributed by atoms with van der Waals surface area (Å²) < 4.78 is 33.9. The summed E-state index contributed by atoms with van der Waals surface area (Å²) in [5.74, 6) is 3.53. The first kappa shape index (κ1) is 42.9. The number of ether oxygens (including phenoxy) is 6. The molecule has 8 heteroatoms. The molecule has 0 spiro atoms. The van der Waals surface area contributed by atoms with E-state index < -0.39 is 0 Å². The van der Waals surface area contributed by atoms with Crippen LogP contribution < -0.4 is 18.9 Å². The number of nitrogens with zero attached hydrogens (tertiary/aromatic N) is 2. The molecular formula is C50H64N2O6. The third kappa shape index (κ3) is 17.9. The molecule has 2 aliphatic rings. The molecule has 0 N–H and O–H groups in total. The highest BCUT2D eigenvalue weighted by atomic mass is 16.6. The Hall–Kier alpha value is -4.66. The van der Waals surface area contributed by atoms with Crippen molar-refractivity contribution in [3.05, 3.63) is 108 Å². The smallest absolute Gasteiger partial charge is 0.119 e. The highest BCUT2D eigenvalue weighted by Gasteiger charge is 2.23. The third-order valence-electron chi connectivity index (χ3n) is 10.4. The van der Waals surface area contributed by atoms with Crippen LogP contribution >= 0.6 is 0 Å². The van der Waals surface area contributed by atoms with Crippen molar-refractivity contribution in [1.29, 1.82) is 0 Å². The van der Waals surface area contributed by atoms with Gasteiger partial charge in [-0.2, -0.15) is 0 Å². The number of hydrogen-bond acceptors (Lipinski definition) is 8. The van der Waals surface area contributed by atoms with Crippen LogP contribution in [0.2, 0.25) is 0 Å². The van der Waals surface area contributed by atoms with Gasteiger partial charge in [0, 0.05) is 12.4 Å². The quantitative estimate of drug-likeness (QED) is 0.0297. The van der Waals surface area contributed by atoms with Crippen molar-refractivity contribution in [3.8, 4) is 23.0 Å². The molecule has 2 aliphatic heterocycles. The second kappa shape index (κ2) is 25.0. The van der Waals surface area contributed by atoms with Gasteiger partial charge in [-0.25, -0.2) is 0 Å². The van der Waals surface area contributed by atoms with Gasteiger partial charge in [-0.3, -0.25) is 9.98 Å². The molecule has 2 heterocycles. The summed E-state index contributed by atoms with van der Waals surface area (Å²) in [4.78, 5) is 9.17. The molecule has 2 fully saturated rings. The minimum absolute atomic E-state index is 0.222. The molecule has 3 unspecified atom stereocenters. The van der Waals surface area contributed by atoms with Gasteiger partial charge < -0.3 is 28.4 Å². The van der Waals surface area contributed by atoms with E-state index in [9.17, 15) is 0 Å². The lowest BCUT2D eigenvalue weighted by Crippen LogP contribution is -2.11. The molecule has 0 aromatic heterocycles. The third-order valence-corrected chi connectivity index (χ3v) is 10.4. The van der Waals surface area contributed by atoms with E-state index in [1.54, 1.807) is 0 Å². The average molecular weight is 789 g/mol. The Bertz CT molecular complexity index is 1750. The highest BCUT2D eigenvalue weighted by Crippen LogP contribution is 2.23. The van der Waals surface area contributed by atoms with Crippen LogP contribution in [0.5, 0.6) is 23.0 Å². The first-order chi connectivity index (χ1) is 28.6. The van der Waals surface area contributed by atoms with Crippen molar-refractivity contribution >= 4 is 23.8 Å². The lowest BCUT2D eigenvalue weighted by atomic mass is 10.0. The standard InChI is InChI=1S/C50H64N2O6/c1-40(58-48-27-19-42(20-28-48)35-52-44-23-31-47(32-24-44)55-37-50-39-57-50)16-14-12-10-8-6-4-2-3-5-7-9-11-13-15-33-53-45-25-17-41(18-26-45)34-51-43-21-29-46(30-22-43)54-36-49-38-56-49/h17-32,34-35,40,49-50H,2-16,33,36-39H2,1H3. The Morgan fingerprint density at radius 3 is 1.28 bits per heavy atom. The van der Waals surface area contributed by atoms with Crippen LogP contribution in [0.25, 0.3) is 0 Å². The predicted octanol–water partition coefficient (Wildman–Crippen LogP) is 12.4. The van der Waals surface area contributed by atoms with Crippen LogP contribution in [0.1, 0.15) is 114 Å². The van der Waals surface area contributed by atoms with Gasteiger partial charge >= 0.3 is 0 Å². The van der Waals surface area contributed by atoms with Crippen LogP contribution in [-0.2, 0) is 9.47 Å². The van der Waals surface area contributed by atoms with Crippen molar-refractivity contribution < 1.29 is 28.4 Å². The van der Waals surface area contributed by atoms with Gasteiger partial charge in [0.1, 0.15) is 48.4 Å². The number of hydrogen-bond donors (Lipinski definition) is 0. The largest absolute Gasteiger partial charge is 0.494 e. The molecule has 58 heavy (non-hydrogen) atoms. The lowest BCUT2D eigenvalue weighted by molar-refractivity contribution is 0.206. The Labute approximate surface area is 347 Å². The van der Waals surface area contributed by atoms with Crippen LogP contribution in [-0.4, -0.2) is 63.8 Å². The van der Waals surface area contributed by atoms with Crippen LogP contribution in [0.15, 0.2) is 107 Å². The van der Waals surface area contributed by atoms with E-state index in [2.05, 4.69) is 41.2 Å². The fourth-order valence-corrected chi connectivity index (χ4v) is 6.68. The molecular weight excluding hydrogens is 725 g/mol. The van der Waals surface area contributed by atoms with Gasteiger partial charge in [-0.15, -0.1) is 0 Å². The first-order valence-corrected chi connectivity index (χ1v) is 21.9. The predicted molar refractivity (Wildman–Crippen MR) is 236 cm³/mol. The zero-order valence-corrected chi connectivity index (χ0v) is 34.6. The average Bonchev–Trinajstić information content (AvgIpc) is 4.20. The SMILES string of the molecule is CC(CCCCCCCCCCCCCCCCOc1ccc(C=Nc2ccc(OCC3CO3)cc2)cc1)Oc1ccc(C=Nc2ccc(OCC3CO3)cc2)cc1. The van der Waals surface area contributed by atoms with Crippen molar-refractivity contribution in [2.24, 2.45) is 9.98 Å². The van der Waals surface area contributed by atoms with E-state index in [1.807, 2.05) is 85.2 Å². The van der Waals surface area contributed by atoms with E-state index in [-0.39, 0.29) is 18.3 Å². The maximum Gasteiger partial charge on any atom is 0.119 e.